The Morgan fingerprint density at radius 2 is 2.00 bits per heavy atom. The third-order valence-corrected chi connectivity index (χ3v) is 3.81. The van der Waals surface area contributed by atoms with E-state index in [4.69, 9.17) is 4.74 Å². The van der Waals surface area contributed by atoms with Gasteiger partial charge in [-0.25, -0.2) is 4.39 Å². The summed E-state index contributed by atoms with van der Waals surface area (Å²) < 4.78 is 18.6. The number of hydrogen-bond donors (Lipinski definition) is 1. The maximum atomic E-state index is 13.0. The Hall–Kier alpha value is -1.39. The summed E-state index contributed by atoms with van der Waals surface area (Å²) in [5.74, 6) is 0.955. The molecule has 0 aliphatic rings. The highest BCUT2D eigenvalue weighted by Crippen LogP contribution is 2.19. The Kier molecular flexibility index (Phi) is 5.56. The fourth-order valence-corrected chi connectivity index (χ4v) is 2.69. The van der Waals surface area contributed by atoms with Crippen LogP contribution < -0.4 is 10.1 Å². The van der Waals surface area contributed by atoms with Crippen LogP contribution in [0.15, 0.2) is 36.4 Å². The second-order valence-electron chi connectivity index (χ2n) is 5.14. The fraction of sp³-hybridized carbons (Fsp3) is 0.375. The molecule has 0 aliphatic heterocycles. The molecule has 0 unspecified atom stereocenters. The maximum absolute atomic E-state index is 13.0. The summed E-state index contributed by atoms with van der Waals surface area (Å²) >= 11 is 1.73. The van der Waals surface area contributed by atoms with E-state index in [0.717, 1.165) is 18.0 Å². The van der Waals surface area contributed by atoms with Gasteiger partial charge in [-0.3, -0.25) is 0 Å². The topological polar surface area (TPSA) is 21.3 Å². The number of nitrogens with one attached hydrogen (secondary N) is 1. The van der Waals surface area contributed by atoms with Gasteiger partial charge in [0.25, 0.3) is 0 Å². The molecular formula is C16H20FNOS. The first kappa shape index (κ1) is 15.0. The van der Waals surface area contributed by atoms with Crippen molar-refractivity contribution < 1.29 is 9.13 Å². The van der Waals surface area contributed by atoms with Crippen LogP contribution in [0, 0.1) is 11.7 Å². The van der Waals surface area contributed by atoms with Crippen LogP contribution in [-0.2, 0) is 13.2 Å². The van der Waals surface area contributed by atoms with E-state index in [1.807, 2.05) is 0 Å². The monoisotopic (exact) mass is 293 g/mol. The molecule has 4 heteroatoms. The highest BCUT2D eigenvalue weighted by molar-refractivity contribution is 7.11. The molecule has 2 rings (SSSR count). The summed E-state index contributed by atoms with van der Waals surface area (Å²) in [5.41, 5.74) is 0. The quantitative estimate of drug-likeness (QED) is 0.825. The van der Waals surface area contributed by atoms with Crippen molar-refractivity contribution in [2.24, 2.45) is 5.92 Å². The van der Waals surface area contributed by atoms with Gasteiger partial charge in [-0.2, -0.15) is 0 Å². The highest BCUT2D eigenvalue weighted by Gasteiger charge is 2.02. The first-order chi connectivity index (χ1) is 9.63. The zero-order valence-electron chi connectivity index (χ0n) is 11.9. The standard InChI is InChI=1S/C16H20FNOS/c1-12(2)9-18-10-15-6-7-16(20-15)11-19-14-5-3-4-13(17)8-14/h3-8,12,18H,9-11H2,1-2H3. The van der Waals surface area contributed by atoms with Crippen molar-refractivity contribution in [2.45, 2.75) is 27.0 Å². The molecule has 0 spiro atoms. The molecule has 0 saturated heterocycles. The smallest absolute Gasteiger partial charge is 0.126 e. The van der Waals surface area contributed by atoms with Crippen molar-refractivity contribution >= 4 is 11.3 Å². The minimum atomic E-state index is -0.271. The first-order valence-electron chi connectivity index (χ1n) is 6.80. The highest BCUT2D eigenvalue weighted by atomic mass is 32.1. The number of halogens is 1. The molecule has 1 aromatic heterocycles. The summed E-state index contributed by atoms with van der Waals surface area (Å²) in [7, 11) is 0. The van der Waals surface area contributed by atoms with Crippen molar-refractivity contribution in [1.82, 2.24) is 5.32 Å². The molecule has 0 amide bonds. The average molecular weight is 293 g/mol. The molecule has 108 valence electrons. The number of hydrogen-bond acceptors (Lipinski definition) is 3. The van der Waals surface area contributed by atoms with E-state index in [9.17, 15) is 4.39 Å². The Morgan fingerprint density at radius 1 is 1.20 bits per heavy atom. The number of ether oxygens (including phenoxy) is 1. The van der Waals surface area contributed by atoms with Crippen molar-refractivity contribution in [2.75, 3.05) is 6.54 Å². The van der Waals surface area contributed by atoms with E-state index >= 15 is 0 Å². The van der Waals surface area contributed by atoms with Gasteiger partial charge in [0.1, 0.15) is 18.2 Å². The van der Waals surface area contributed by atoms with Crippen LogP contribution in [0.1, 0.15) is 23.6 Å². The van der Waals surface area contributed by atoms with Crippen LogP contribution >= 0.6 is 11.3 Å². The molecule has 0 fully saturated rings. The third kappa shape index (κ3) is 4.94. The van der Waals surface area contributed by atoms with Crippen LogP contribution in [0.4, 0.5) is 4.39 Å². The minimum Gasteiger partial charge on any atom is -0.488 e. The van der Waals surface area contributed by atoms with E-state index in [1.165, 1.54) is 17.0 Å². The molecule has 0 aliphatic carbocycles. The first-order valence-corrected chi connectivity index (χ1v) is 7.62. The molecule has 20 heavy (non-hydrogen) atoms. The molecule has 0 atom stereocenters. The van der Waals surface area contributed by atoms with Gasteiger partial charge in [-0.15, -0.1) is 11.3 Å². The predicted octanol–water partition coefficient (Wildman–Crippen LogP) is 4.21. The number of benzene rings is 1. The summed E-state index contributed by atoms with van der Waals surface area (Å²) in [5, 5.41) is 3.42. The molecule has 2 nitrogen and oxygen atoms in total. The van der Waals surface area contributed by atoms with E-state index in [0.29, 0.717) is 18.3 Å². The second-order valence-corrected chi connectivity index (χ2v) is 6.39. The van der Waals surface area contributed by atoms with Gasteiger partial charge in [-0.1, -0.05) is 19.9 Å². The second kappa shape index (κ2) is 7.41. The normalized spacial score (nSPS) is 11.0. The van der Waals surface area contributed by atoms with Gasteiger partial charge in [0, 0.05) is 22.4 Å². The Bertz CT molecular complexity index is 539. The van der Waals surface area contributed by atoms with Gasteiger partial charge < -0.3 is 10.1 Å². The fourth-order valence-electron chi connectivity index (χ4n) is 1.79. The maximum Gasteiger partial charge on any atom is 0.126 e. The third-order valence-electron chi connectivity index (χ3n) is 2.75. The van der Waals surface area contributed by atoms with Crippen molar-refractivity contribution in [1.29, 1.82) is 0 Å². The molecule has 2 aromatic rings. The lowest BCUT2D eigenvalue weighted by atomic mass is 10.2. The van der Waals surface area contributed by atoms with Crippen LogP contribution in [0.25, 0.3) is 0 Å². The van der Waals surface area contributed by atoms with Crippen LogP contribution in [0.3, 0.4) is 0 Å². The lowest BCUT2D eigenvalue weighted by molar-refractivity contribution is 0.308. The molecule has 1 heterocycles. The average Bonchev–Trinajstić information content (AvgIpc) is 2.84. The van der Waals surface area contributed by atoms with Crippen LogP contribution in [-0.4, -0.2) is 6.54 Å². The summed E-state index contributed by atoms with van der Waals surface area (Å²) in [6, 6.07) is 10.4. The Balaban J connectivity index is 1.80. The van der Waals surface area contributed by atoms with Gasteiger partial charge in [0.05, 0.1) is 0 Å². The van der Waals surface area contributed by atoms with E-state index in [2.05, 4.69) is 31.3 Å². The lowest BCUT2D eigenvalue weighted by Gasteiger charge is -2.05. The SMILES string of the molecule is CC(C)CNCc1ccc(COc2cccc(F)c2)s1. The molecule has 0 radical (unpaired) electrons. The van der Waals surface area contributed by atoms with E-state index in [-0.39, 0.29) is 5.82 Å². The van der Waals surface area contributed by atoms with Crippen LogP contribution in [0.2, 0.25) is 0 Å². The number of thiophene rings is 1. The Labute approximate surface area is 123 Å². The van der Waals surface area contributed by atoms with Crippen molar-refractivity contribution in [3.8, 4) is 5.75 Å². The number of rotatable bonds is 7. The molecule has 1 N–H and O–H groups in total. The van der Waals surface area contributed by atoms with Crippen LogP contribution in [0.5, 0.6) is 5.75 Å². The van der Waals surface area contributed by atoms with Gasteiger partial charge in [-0.05, 0) is 36.7 Å². The molecule has 1 aromatic carbocycles. The lowest BCUT2D eigenvalue weighted by Crippen LogP contribution is -2.18. The zero-order valence-corrected chi connectivity index (χ0v) is 12.7. The summed E-state index contributed by atoms with van der Waals surface area (Å²) in [4.78, 5) is 2.44. The summed E-state index contributed by atoms with van der Waals surface area (Å²) in [6.07, 6.45) is 0. The zero-order chi connectivity index (χ0) is 14.4. The minimum absolute atomic E-state index is 0.271. The van der Waals surface area contributed by atoms with Crippen molar-refractivity contribution in [3.05, 3.63) is 52.0 Å². The summed E-state index contributed by atoms with van der Waals surface area (Å²) in [6.45, 7) is 6.79. The van der Waals surface area contributed by atoms with Crippen molar-refractivity contribution in [3.63, 3.8) is 0 Å². The largest absolute Gasteiger partial charge is 0.488 e. The van der Waals surface area contributed by atoms with E-state index < -0.39 is 0 Å². The molecular weight excluding hydrogens is 273 g/mol. The molecule has 0 bridgehead atoms. The predicted molar refractivity (Wildman–Crippen MR) is 81.6 cm³/mol. The van der Waals surface area contributed by atoms with E-state index in [1.54, 1.807) is 23.5 Å². The molecule has 0 saturated carbocycles. The van der Waals surface area contributed by atoms with Gasteiger partial charge in [0.2, 0.25) is 0 Å². The Morgan fingerprint density at radius 3 is 2.75 bits per heavy atom. The van der Waals surface area contributed by atoms with Gasteiger partial charge >= 0.3 is 0 Å². The van der Waals surface area contributed by atoms with Gasteiger partial charge in [0.15, 0.2) is 0 Å².